The fourth-order valence-corrected chi connectivity index (χ4v) is 2.40. The van der Waals surface area contributed by atoms with Gasteiger partial charge in [-0.05, 0) is 25.1 Å². The number of carbonyl (C=O) groups excluding carboxylic acids is 2. The molecule has 9 nitrogen and oxygen atoms in total. The predicted molar refractivity (Wildman–Crippen MR) is 92.5 cm³/mol. The zero-order valence-corrected chi connectivity index (χ0v) is 13.7. The number of benzene rings is 2. The fourth-order valence-electron chi connectivity index (χ4n) is 2.40. The van der Waals surface area contributed by atoms with E-state index in [2.05, 4.69) is 10.4 Å². The van der Waals surface area contributed by atoms with Crippen molar-refractivity contribution in [3.05, 3.63) is 70.0 Å². The summed E-state index contributed by atoms with van der Waals surface area (Å²) in [5.74, 6) is -1.36. The van der Waals surface area contributed by atoms with Crippen molar-refractivity contribution in [2.75, 3.05) is 12.0 Å². The Morgan fingerprint density at radius 2 is 1.96 bits per heavy atom. The minimum Gasteiger partial charge on any atom is -0.462 e. The number of esters is 1. The lowest BCUT2D eigenvalue weighted by Gasteiger charge is -2.08. The summed E-state index contributed by atoms with van der Waals surface area (Å²) in [6.45, 7) is 1.73. The summed E-state index contributed by atoms with van der Waals surface area (Å²) >= 11 is 0. The summed E-state index contributed by atoms with van der Waals surface area (Å²) in [7, 11) is 0. The van der Waals surface area contributed by atoms with Gasteiger partial charge < -0.3 is 4.74 Å². The number of amides is 1. The van der Waals surface area contributed by atoms with Crippen LogP contribution in [0, 0.1) is 10.1 Å². The number of non-ortho nitro benzene ring substituents is 1. The van der Waals surface area contributed by atoms with Gasteiger partial charge in [0, 0.05) is 17.7 Å². The molecule has 1 aromatic heterocycles. The molecule has 3 aromatic rings. The molecule has 0 saturated carbocycles. The number of nitro groups is 1. The number of imidazole rings is 1. The van der Waals surface area contributed by atoms with Gasteiger partial charge in [0.05, 0.1) is 28.1 Å². The number of carbonyl (C=O) groups is 2. The third kappa shape index (κ3) is 3.36. The fraction of sp³-hybridized carbons (Fsp3) is 0.118. The zero-order chi connectivity index (χ0) is 18.7. The molecule has 0 spiro atoms. The van der Waals surface area contributed by atoms with Crippen LogP contribution < -0.4 is 5.43 Å². The molecule has 0 radical (unpaired) electrons. The molecule has 132 valence electrons. The van der Waals surface area contributed by atoms with E-state index in [4.69, 9.17) is 4.74 Å². The van der Waals surface area contributed by atoms with E-state index in [-0.39, 0.29) is 23.4 Å². The first-order chi connectivity index (χ1) is 12.5. The Kier molecular flexibility index (Phi) is 4.61. The molecular formula is C17H14N4O5. The Morgan fingerprint density at radius 3 is 2.69 bits per heavy atom. The smallest absolute Gasteiger partial charge is 0.338 e. The lowest BCUT2D eigenvalue weighted by Crippen LogP contribution is -2.22. The second-order valence-electron chi connectivity index (χ2n) is 5.29. The summed E-state index contributed by atoms with van der Waals surface area (Å²) in [5.41, 5.74) is 3.44. The van der Waals surface area contributed by atoms with Crippen LogP contribution in [-0.4, -0.2) is 33.1 Å². The second-order valence-corrected chi connectivity index (χ2v) is 5.29. The van der Waals surface area contributed by atoms with Crippen LogP contribution in [0.15, 0.2) is 48.8 Å². The van der Waals surface area contributed by atoms with Crippen molar-refractivity contribution in [3.63, 3.8) is 0 Å². The van der Waals surface area contributed by atoms with Crippen LogP contribution in [0.4, 0.5) is 5.69 Å². The monoisotopic (exact) mass is 354 g/mol. The second kappa shape index (κ2) is 7.01. The number of para-hydroxylation sites is 2. The summed E-state index contributed by atoms with van der Waals surface area (Å²) < 4.78 is 6.26. The van der Waals surface area contributed by atoms with E-state index >= 15 is 0 Å². The molecule has 0 atom stereocenters. The molecule has 2 aromatic carbocycles. The minimum absolute atomic E-state index is 0.0416. The third-order valence-electron chi connectivity index (χ3n) is 3.58. The largest absolute Gasteiger partial charge is 0.462 e. The SMILES string of the molecule is CCOC(=O)c1cc(C(=O)Nn2cnc3ccccc32)cc([N+](=O)[O-])c1. The number of nitro benzene ring substituents is 1. The van der Waals surface area contributed by atoms with E-state index < -0.39 is 16.8 Å². The molecule has 9 heteroatoms. The Labute approximate surface area is 147 Å². The Bertz CT molecular complexity index is 1010. The molecule has 0 aliphatic carbocycles. The molecule has 0 bridgehead atoms. The quantitative estimate of drug-likeness (QED) is 0.427. The van der Waals surface area contributed by atoms with Gasteiger partial charge in [-0.15, -0.1) is 0 Å². The van der Waals surface area contributed by atoms with Crippen LogP contribution in [0.2, 0.25) is 0 Å². The number of aromatic nitrogens is 2. The van der Waals surface area contributed by atoms with Crippen molar-refractivity contribution in [3.8, 4) is 0 Å². The van der Waals surface area contributed by atoms with E-state index in [1.807, 2.05) is 6.07 Å². The van der Waals surface area contributed by atoms with Gasteiger partial charge in [0.25, 0.3) is 11.6 Å². The van der Waals surface area contributed by atoms with Gasteiger partial charge in [-0.25, -0.2) is 14.5 Å². The number of fused-ring (bicyclic) bond motifs is 1. The molecule has 1 amide bonds. The van der Waals surface area contributed by atoms with Crippen LogP contribution in [-0.2, 0) is 4.74 Å². The molecule has 1 heterocycles. The highest BCUT2D eigenvalue weighted by molar-refractivity contribution is 6.03. The topological polar surface area (TPSA) is 116 Å². The average molecular weight is 354 g/mol. The highest BCUT2D eigenvalue weighted by Gasteiger charge is 2.19. The van der Waals surface area contributed by atoms with Crippen LogP contribution in [0.5, 0.6) is 0 Å². The van der Waals surface area contributed by atoms with Gasteiger partial charge in [-0.3, -0.25) is 20.3 Å². The van der Waals surface area contributed by atoms with Gasteiger partial charge in [-0.2, -0.15) is 0 Å². The Morgan fingerprint density at radius 1 is 1.23 bits per heavy atom. The van der Waals surface area contributed by atoms with E-state index in [1.165, 1.54) is 17.1 Å². The van der Waals surface area contributed by atoms with Crippen LogP contribution in [0.25, 0.3) is 11.0 Å². The van der Waals surface area contributed by atoms with Gasteiger partial charge in [0.15, 0.2) is 0 Å². The lowest BCUT2D eigenvalue weighted by atomic mass is 10.1. The Hall–Kier alpha value is -3.75. The van der Waals surface area contributed by atoms with Crippen LogP contribution in [0.1, 0.15) is 27.6 Å². The van der Waals surface area contributed by atoms with Crippen molar-refractivity contribution in [1.82, 2.24) is 9.66 Å². The summed E-state index contributed by atoms with van der Waals surface area (Å²) in [4.78, 5) is 39.0. The maximum absolute atomic E-state index is 12.5. The summed E-state index contributed by atoms with van der Waals surface area (Å²) in [5, 5.41) is 11.1. The first-order valence-electron chi connectivity index (χ1n) is 7.69. The van der Waals surface area contributed by atoms with Crippen molar-refractivity contribution in [2.45, 2.75) is 6.92 Å². The average Bonchev–Trinajstić information content (AvgIpc) is 3.04. The number of rotatable bonds is 5. The van der Waals surface area contributed by atoms with Crippen molar-refractivity contribution < 1.29 is 19.2 Å². The maximum atomic E-state index is 12.5. The van der Waals surface area contributed by atoms with Gasteiger partial charge in [-0.1, -0.05) is 12.1 Å². The predicted octanol–water partition coefficient (Wildman–Crippen LogP) is 2.51. The van der Waals surface area contributed by atoms with E-state index in [9.17, 15) is 19.7 Å². The molecule has 0 unspecified atom stereocenters. The van der Waals surface area contributed by atoms with E-state index in [1.54, 1.807) is 25.1 Å². The molecule has 0 aliphatic heterocycles. The van der Waals surface area contributed by atoms with E-state index in [0.29, 0.717) is 11.0 Å². The third-order valence-corrected chi connectivity index (χ3v) is 3.58. The van der Waals surface area contributed by atoms with E-state index in [0.717, 1.165) is 12.1 Å². The van der Waals surface area contributed by atoms with Gasteiger partial charge >= 0.3 is 5.97 Å². The molecular weight excluding hydrogens is 340 g/mol. The first-order valence-corrected chi connectivity index (χ1v) is 7.69. The molecule has 0 saturated heterocycles. The molecule has 0 fully saturated rings. The number of nitrogens with zero attached hydrogens (tertiary/aromatic N) is 3. The number of hydrogen-bond acceptors (Lipinski definition) is 6. The molecule has 26 heavy (non-hydrogen) atoms. The highest BCUT2D eigenvalue weighted by atomic mass is 16.6. The van der Waals surface area contributed by atoms with Crippen molar-refractivity contribution >= 4 is 28.6 Å². The van der Waals surface area contributed by atoms with Crippen molar-refractivity contribution in [1.29, 1.82) is 0 Å². The normalized spacial score (nSPS) is 10.5. The lowest BCUT2D eigenvalue weighted by molar-refractivity contribution is -0.384. The van der Waals surface area contributed by atoms with Crippen molar-refractivity contribution in [2.24, 2.45) is 0 Å². The molecule has 1 N–H and O–H groups in total. The van der Waals surface area contributed by atoms with Gasteiger partial charge in [0.1, 0.15) is 6.33 Å². The van der Waals surface area contributed by atoms with Gasteiger partial charge in [0.2, 0.25) is 0 Å². The summed E-state index contributed by atoms with van der Waals surface area (Å²) in [6.07, 6.45) is 1.42. The number of hydrogen-bond donors (Lipinski definition) is 1. The maximum Gasteiger partial charge on any atom is 0.338 e. The van der Waals surface area contributed by atoms with Crippen LogP contribution >= 0.6 is 0 Å². The number of ether oxygens (including phenoxy) is 1. The zero-order valence-electron chi connectivity index (χ0n) is 13.7. The standard InChI is InChI=1S/C17H14N4O5/c1-2-26-17(23)12-7-11(8-13(9-12)21(24)25)16(22)19-20-10-18-14-5-3-4-6-15(14)20/h3-10H,2H2,1H3,(H,19,22). The minimum atomic E-state index is -0.738. The Balaban J connectivity index is 1.95. The first kappa shape index (κ1) is 17.1. The molecule has 3 rings (SSSR count). The molecule has 0 aliphatic rings. The highest BCUT2D eigenvalue weighted by Crippen LogP contribution is 2.19. The number of nitrogens with one attached hydrogen (secondary N) is 1. The summed E-state index contributed by atoms with van der Waals surface area (Å²) in [6, 6.07) is 10.6. The van der Waals surface area contributed by atoms with Crippen LogP contribution in [0.3, 0.4) is 0 Å².